The summed E-state index contributed by atoms with van der Waals surface area (Å²) in [4.78, 5) is 0. The third-order valence-electron chi connectivity index (χ3n) is 3.78. The second-order valence-corrected chi connectivity index (χ2v) is 6.28. The molecule has 0 saturated carbocycles. The highest BCUT2D eigenvalue weighted by molar-refractivity contribution is 6.30. The number of hydrogen-bond donors (Lipinski definition) is 1. The van der Waals surface area contributed by atoms with Crippen molar-refractivity contribution in [3.8, 4) is 0 Å². The Morgan fingerprint density at radius 2 is 1.55 bits per heavy atom. The molecule has 0 bridgehead atoms. The smallest absolute Gasteiger partial charge is 0.0790 e. The van der Waals surface area contributed by atoms with Crippen LogP contribution in [-0.4, -0.2) is 5.11 Å². The average Bonchev–Trinajstić information content (AvgIpc) is 2.40. The Morgan fingerprint density at radius 1 is 0.950 bits per heavy atom. The van der Waals surface area contributed by atoms with E-state index in [1.54, 1.807) is 0 Å². The third-order valence-corrected chi connectivity index (χ3v) is 4.00. The maximum Gasteiger partial charge on any atom is 0.0790 e. The van der Waals surface area contributed by atoms with E-state index in [9.17, 15) is 5.11 Å². The van der Waals surface area contributed by atoms with Crippen LogP contribution in [0.1, 0.15) is 81.9 Å². The third kappa shape index (κ3) is 7.31. The van der Waals surface area contributed by atoms with E-state index in [1.807, 2.05) is 25.1 Å². The lowest BCUT2D eigenvalue weighted by Crippen LogP contribution is -1.98. The quantitative estimate of drug-likeness (QED) is 0.509. The van der Waals surface area contributed by atoms with E-state index < -0.39 is 0 Å². The highest BCUT2D eigenvalue weighted by Gasteiger charge is 2.08. The minimum atomic E-state index is -0.368. The molecule has 0 saturated heterocycles. The minimum absolute atomic E-state index is 0.368. The lowest BCUT2D eigenvalue weighted by Gasteiger charge is -2.12. The summed E-state index contributed by atoms with van der Waals surface area (Å²) in [6.45, 7) is 4.26. The predicted molar refractivity (Wildman–Crippen MR) is 88.4 cm³/mol. The van der Waals surface area contributed by atoms with Crippen LogP contribution < -0.4 is 0 Å². The molecule has 0 aliphatic heterocycles. The average molecular weight is 297 g/mol. The van der Waals surface area contributed by atoms with Crippen LogP contribution in [0, 0.1) is 6.92 Å². The van der Waals surface area contributed by atoms with Crippen molar-refractivity contribution in [2.24, 2.45) is 0 Å². The lowest BCUT2D eigenvalue weighted by molar-refractivity contribution is 0.163. The Hall–Kier alpha value is -0.530. The summed E-state index contributed by atoms with van der Waals surface area (Å²) < 4.78 is 0. The van der Waals surface area contributed by atoms with Crippen LogP contribution in [0.3, 0.4) is 0 Å². The van der Waals surface area contributed by atoms with Gasteiger partial charge in [0.2, 0.25) is 0 Å². The Morgan fingerprint density at radius 3 is 2.15 bits per heavy atom. The van der Waals surface area contributed by atoms with Crippen molar-refractivity contribution in [1.29, 1.82) is 0 Å². The van der Waals surface area contributed by atoms with Gasteiger partial charge in [-0.25, -0.2) is 0 Å². The SMILES string of the molecule is CCCCCCCCCCC(O)c1cc(C)cc(Cl)c1. The van der Waals surface area contributed by atoms with E-state index in [1.165, 1.54) is 44.9 Å². The summed E-state index contributed by atoms with van der Waals surface area (Å²) in [7, 11) is 0. The minimum Gasteiger partial charge on any atom is -0.388 e. The molecule has 1 N–H and O–H groups in total. The Labute approximate surface area is 129 Å². The molecule has 0 fully saturated rings. The molecule has 0 aromatic heterocycles. The molecule has 0 aliphatic carbocycles. The summed E-state index contributed by atoms with van der Waals surface area (Å²) in [6, 6.07) is 5.83. The molecule has 20 heavy (non-hydrogen) atoms. The Bertz CT molecular complexity index is 355. The van der Waals surface area contributed by atoms with Crippen LogP contribution in [0.15, 0.2) is 18.2 Å². The summed E-state index contributed by atoms with van der Waals surface area (Å²) in [5.74, 6) is 0. The van der Waals surface area contributed by atoms with E-state index in [-0.39, 0.29) is 6.10 Å². The second kappa shape index (κ2) is 10.2. The first-order chi connectivity index (χ1) is 9.63. The number of unbranched alkanes of at least 4 members (excludes halogenated alkanes) is 7. The standard InChI is InChI=1S/C18H29ClO/c1-3-4-5-6-7-8-9-10-11-18(20)16-12-15(2)13-17(19)14-16/h12-14,18,20H,3-11H2,1-2H3. The number of benzene rings is 1. The van der Waals surface area contributed by atoms with Gasteiger partial charge in [-0.15, -0.1) is 0 Å². The first-order valence-corrected chi connectivity index (χ1v) is 8.46. The molecule has 2 heteroatoms. The van der Waals surface area contributed by atoms with E-state index in [4.69, 9.17) is 11.6 Å². The molecule has 1 nitrogen and oxygen atoms in total. The fraction of sp³-hybridized carbons (Fsp3) is 0.667. The van der Waals surface area contributed by atoms with Gasteiger partial charge in [0, 0.05) is 5.02 Å². The van der Waals surface area contributed by atoms with Gasteiger partial charge in [0.15, 0.2) is 0 Å². The van der Waals surface area contributed by atoms with E-state index in [0.717, 1.165) is 29.0 Å². The van der Waals surface area contributed by atoms with Gasteiger partial charge in [-0.05, 0) is 36.6 Å². The van der Waals surface area contributed by atoms with Crippen LogP contribution in [-0.2, 0) is 0 Å². The zero-order valence-corrected chi connectivity index (χ0v) is 13.8. The highest BCUT2D eigenvalue weighted by Crippen LogP contribution is 2.24. The molecular weight excluding hydrogens is 268 g/mol. The summed E-state index contributed by atoms with van der Waals surface area (Å²) >= 11 is 6.03. The fourth-order valence-electron chi connectivity index (χ4n) is 2.60. The second-order valence-electron chi connectivity index (χ2n) is 5.84. The predicted octanol–water partition coefficient (Wildman–Crippen LogP) is 6.21. The maximum atomic E-state index is 10.2. The molecule has 114 valence electrons. The number of aryl methyl sites for hydroxylation is 1. The summed E-state index contributed by atoms with van der Waals surface area (Å²) in [5, 5.41) is 10.9. The van der Waals surface area contributed by atoms with Crippen molar-refractivity contribution < 1.29 is 5.11 Å². The van der Waals surface area contributed by atoms with Crippen molar-refractivity contribution in [1.82, 2.24) is 0 Å². The van der Waals surface area contributed by atoms with Gasteiger partial charge in [-0.2, -0.15) is 0 Å². The maximum absolute atomic E-state index is 10.2. The number of aliphatic hydroxyl groups excluding tert-OH is 1. The lowest BCUT2D eigenvalue weighted by atomic mass is 10.0. The highest BCUT2D eigenvalue weighted by atomic mass is 35.5. The molecule has 0 spiro atoms. The van der Waals surface area contributed by atoms with Crippen LogP contribution in [0.2, 0.25) is 5.02 Å². The molecule has 1 unspecified atom stereocenters. The monoisotopic (exact) mass is 296 g/mol. The van der Waals surface area contributed by atoms with Gasteiger partial charge >= 0.3 is 0 Å². The Balaban J connectivity index is 2.15. The molecule has 1 aromatic carbocycles. The molecule has 1 aromatic rings. The zero-order valence-electron chi connectivity index (χ0n) is 13.0. The van der Waals surface area contributed by atoms with Gasteiger partial charge in [0.1, 0.15) is 0 Å². The number of rotatable bonds is 10. The molecule has 0 heterocycles. The molecule has 1 atom stereocenters. The summed E-state index contributed by atoms with van der Waals surface area (Å²) in [5.41, 5.74) is 2.07. The van der Waals surface area contributed by atoms with Crippen molar-refractivity contribution >= 4 is 11.6 Å². The first kappa shape index (κ1) is 17.5. The van der Waals surface area contributed by atoms with Gasteiger partial charge in [-0.3, -0.25) is 0 Å². The van der Waals surface area contributed by atoms with E-state index in [0.29, 0.717) is 0 Å². The van der Waals surface area contributed by atoms with Crippen molar-refractivity contribution in [2.45, 2.75) is 77.7 Å². The number of aliphatic hydroxyl groups is 1. The van der Waals surface area contributed by atoms with Crippen molar-refractivity contribution in [3.05, 3.63) is 34.3 Å². The fourth-order valence-corrected chi connectivity index (χ4v) is 2.89. The van der Waals surface area contributed by atoms with Crippen molar-refractivity contribution in [2.75, 3.05) is 0 Å². The van der Waals surface area contributed by atoms with Gasteiger partial charge in [0.25, 0.3) is 0 Å². The van der Waals surface area contributed by atoms with E-state index in [2.05, 4.69) is 6.92 Å². The summed E-state index contributed by atoms with van der Waals surface area (Å²) in [6.07, 6.45) is 10.9. The van der Waals surface area contributed by atoms with Gasteiger partial charge in [0.05, 0.1) is 6.10 Å². The molecule has 1 rings (SSSR count). The molecule has 0 amide bonds. The zero-order chi connectivity index (χ0) is 14.8. The molecule has 0 aliphatic rings. The molecule has 0 radical (unpaired) electrons. The Kier molecular flexibility index (Phi) is 8.97. The van der Waals surface area contributed by atoms with Crippen LogP contribution >= 0.6 is 11.6 Å². The topological polar surface area (TPSA) is 20.2 Å². The van der Waals surface area contributed by atoms with Gasteiger partial charge in [-0.1, -0.05) is 76.0 Å². The number of hydrogen-bond acceptors (Lipinski definition) is 1. The first-order valence-electron chi connectivity index (χ1n) is 8.08. The number of halogens is 1. The van der Waals surface area contributed by atoms with E-state index >= 15 is 0 Å². The van der Waals surface area contributed by atoms with Crippen LogP contribution in [0.4, 0.5) is 0 Å². The normalized spacial score (nSPS) is 12.6. The van der Waals surface area contributed by atoms with Crippen LogP contribution in [0.5, 0.6) is 0 Å². The van der Waals surface area contributed by atoms with Gasteiger partial charge < -0.3 is 5.11 Å². The van der Waals surface area contributed by atoms with Crippen LogP contribution in [0.25, 0.3) is 0 Å². The van der Waals surface area contributed by atoms with Crippen molar-refractivity contribution in [3.63, 3.8) is 0 Å². The largest absolute Gasteiger partial charge is 0.388 e. The molecular formula is C18H29ClO.